The number of hydrogen-bond donors (Lipinski definition) is 2. The van der Waals surface area contributed by atoms with Gasteiger partial charge in [-0.15, -0.1) is 0 Å². The van der Waals surface area contributed by atoms with Crippen LogP contribution in [0.2, 0.25) is 0 Å². The molecule has 6 nitrogen and oxygen atoms in total. The van der Waals surface area contributed by atoms with E-state index in [2.05, 4.69) is 34.9 Å². The number of hydrogen-bond acceptors (Lipinski definition) is 5. The first-order chi connectivity index (χ1) is 13.2. The lowest BCUT2D eigenvalue weighted by atomic mass is 9.92. The van der Waals surface area contributed by atoms with E-state index in [-0.39, 0.29) is 11.8 Å². The van der Waals surface area contributed by atoms with Crippen molar-refractivity contribution in [2.45, 2.75) is 31.5 Å². The molecule has 6 heteroatoms. The molecule has 1 aliphatic heterocycles. The number of methoxy groups -OCH3 is 1. The number of rotatable bonds is 5. The van der Waals surface area contributed by atoms with E-state index in [0.717, 1.165) is 36.2 Å². The molecule has 3 aromatic rings. The first-order valence-electron chi connectivity index (χ1n) is 9.35. The van der Waals surface area contributed by atoms with E-state index < -0.39 is 0 Å². The van der Waals surface area contributed by atoms with Crippen LogP contribution in [0.4, 0.5) is 0 Å². The summed E-state index contributed by atoms with van der Waals surface area (Å²) < 4.78 is 12.3. The Bertz CT molecular complexity index is 977. The predicted molar refractivity (Wildman–Crippen MR) is 105 cm³/mol. The van der Waals surface area contributed by atoms with Crippen LogP contribution >= 0.6 is 0 Å². The van der Waals surface area contributed by atoms with E-state index in [4.69, 9.17) is 9.15 Å². The maximum Gasteiger partial charge on any atom is 0.419 e. The SMILES string of the molecule is COc1cc2oc(=O)n(C)c2cc1CN[C@H]1CCCN[C@H]1c1ccccc1. The average molecular weight is 367 g/mol. The van der Waals surface area contributed by atoms with Gasteiger partial charge in [0.1, 0.15) is 5.75 Å². The van der Waals surface area contributed by atoms with Crippen LogP contribution in [-0.2, 0) is 13.6 Å². The summed E-state index contributed by atoms with van der Waals surface area (Å²) in [6.07, 6.45) is 2.26. The molecular weight excluding hydrogens is 342 g/mol. The summed E-state index contributed by atoms with van der Waals surface area (Å²) in [6.45, 7) is 1.69. The van der Waals surface area contributed by atoms with Gasteiger partial charge < -0.3 is 19.8 Å². The fourth-order valence-electron chi connectivity index (χ4n) is 3.89. The molecule has 0 bridgehead atoms. The molecule has 142 valence electrons. The van der Waals surface area contributed by atoms with Crippen LogP contribution in [0.1, 0.15) is 30.0 Å². The van der Waals surface area contributed by atoms with Gasteiger partial charge in [0.05, 0.1) is 12.6 Å². The van der Waals surface area contributed by atoms with Crippen molar-refractivity contribution in [3.05, 3.63) is 64.1 Å². The smallest absolute Gasteiger partial charge is 0.419 e. The lowest BCUT2D eigenvalue weighted by Crippen LogP contribution is -2.45. The molecule has 0 unspecified atom stereocenters. The molecule has 1 fully saturated rings. The highest BCUT2D eigenvalue weighted by atomic mass is 16.5. The number of nitrogens with one attached hydrogen (secondary N) is 2. The number of ether oxygens (including phenoxy) is 1. The Balaban J connectivity index is 1.58. The lowest BCUT2D eigenvalue weighted by molar-refractivity contribution is 0.303. The summed E-state index contributed by atoms with van der Waals surface area (Å²) in [4.78, 5) is 11.8. The van der Waals surface area contributed by atoms with E-state index in [1.807, 2.05) is 12.1 Å². The van der Waals surface area contributed by atoms with Crippen molar-refractivity contribution >= 4 is 11.1 Å². The maximum absolute atomic E-state index is 11.8. The van der Waals surface area contributed by atoms with E-state index in [9.17, 15) is 4.79 Å². The largest absolute Gasteiger partial charge is 0.496 e. The summed E-state index contributed by atoms with van der Waals surface area (Å²) in [6, 6.07) is 14.9. The maximum atomic E-state index is 11.8. The number of piperidine rings is 1. The van der Waals surface area contributed by atoms with Gasteiger partial charge in [0.25, 0.3) is 0 Å². The molecule has 2 aromatic carbocycles. The zero-order valence-electron chi connectivity index (χ0n) is 15.7. The highest BCUT2D eigenvalue weighted by Crippen LogP contribution is 2.27. The van der Waals surface area contributed by atoms with Crippen molar-refractivity contribution in [1.82, 2.24) is 15.2 Å². The molecule has 1 aromatic heterocycles. The van der Waals surface area contributed by atoms with Crippen molar-refractivity contribution in [2.75, 3.05) is 13.7 Å². The molecule has 2 heterocycles. The van der Waals surface area contributed by atoms with Crippen molar-refractivity contribution in [3.63, 3.8) is 0 Å². The highest BCUT2D eigenvalue weighted by molar-refractivity contribution is 5.76. The van der Waals surface area contributed by atoms with Gasteiger partial charge in [-0.3, -0.25) is 4.57 Å². The normalized spacial score (nSPS) is 20.1. The minimum atomic E-state index is -0.363. The number of fused-ring (bicyclic) bond motifs is 1. The average Bonchev–Trinajstić information content (AvgIpc) is 2.99. The van der Waals surface area contributed by atoms with Crippen molar-refractivity contribution in [1.29, 1.82) is 0 Å². The van der Waals surface area contributed by atoms with Gasteiger partial charge in [-0.25, -0.2) is 4.79 Å². The molecule has 2 atom stereocenters. The van der Waals surface area contributed by atoms with Gasteiger partial charge in [-0.1, -0.05) is 30.3 Å². The summed E-state index contributed by atoms with van der Waals surface area (Å²) >= 11 is 0. The van der Waals surface area contributed by atoms with E-state index >= 15 is 0 Å². The molecule has 0 saturated carbocycles. The van der Waals surface area contributed by atoms with Gasteiger partial charge in [0, 0.05) is 37.3 Å². The molecular formula is C21H25N3O3. The van der Waals surface area contributed by atoms with Crippen LogP contribution in [0.3, 0.4) is 0 Å². The number of aromatic nitrogens is 1. The van der Waals surface area contributed by atoms with Gasteiger partial charge in [0.2, 0.25) is 0 Å². The number of nitrogens with zero attached hydrogens (tertiary/aromatic N) is 1. The van der Waals surface area contributed by atoms with Gasteiger partial charge in [-0.05, 0) is 31.0 Å². The predicted octanol–water partition coefficient (Wildman–Crippen LogP) is 2.72. The Morgan fingerprint density at radius 1 is 1.30 bits per heavy atom. The summed E-state index contributed by atoms with van der Waals surface area (Å²) in [5.74, 6) is 0.363. The minimum Gasteiger partial charge on any atom is -0.496 e. The molecule has 1 saturated heterocycles. The number of benzene rings is 2. The lowest BCUT2D eigenvalue weighted by Gasteiger charge is -2.34. The second-order valence-corrected chi connectivity index (χ2v) is 7.03. The monoisotopic (exact) mass is 367 g/mol. The van der Waals surface area contributed by atoms with Crippen LogP contribution < -0.4 is 21.1 Å². The Kier molecular flexibility index (Phi) is 5.01. The van der Waals surface area contributed by atoms with E-state index in [1.54, 1.807) is 20.2 Å². The molecule has 2 N–H and O–H groups in total. The standard InChI is InChI=1S/C21H25N3O3/c1-24-17-11-15(18(26-2)12-19(17)27-21(24)25)13-23-16-9-6-10-22-20(16)14-7-4-3-5-8-14/h3-5,7-8,11-12,16,20,22-23H,6,9-10,13H2,1-2H3/t16-,20-/m0/s1. The van der Waals surface area contributed by atoms with Crippen LogP contribution in [0.5, 0.6) is 5.75 Å². The molecule has 27 heavy (non-hydrogen) atoms. The first-order valence-corrected chi connectivity index (χ1v) is 9.35. The fraction of sp³-hybridized carbons (Fsp3) is 0.381. The fourth-order valence-corrected chi connectivity index (χ4v) is 3.89. The van der Waals surface area contributed by atoms with Gasteiger partial charge in [0.15, 0.2) is 5.58 Å². The van der Waals surface area contributed by atoms with E-state index in [0.29, 0.717) is 18.2 Å². The number of oxazole rings is 1. The third-order valence-corrected chi connectivity index (χ3v) is 5.37. The first kappa shape index (κ1) is 17.8. The molecule has 0 amide bonds. The van der Waals surface area contributed by atoms with Crippen molar-refractivity contribution < 1.29 is 9.15 Å². The quantitative estimate of drug-likeness (QED) is 0.726. The molecule has 4 rings (SSSR count). The summed E-state index contributed by atoms with van der Waals surface area (Å²) in [7, 11) is 3.36. The zero-order valence-corrected chi connectivity index (χ0v) is 15.7. The third-order valence-electron chi connectivity index (χ3n) is 5.37. The van der Waals surface area contributed by atoms with Gasteiger partial charge >= 0.3 is 5.76 Å². The van der Waals surface area contributed by atoms with Crippen molar-refractivity contribution in [2.24, 2.45) is 7.05 Å². The topological polar surface area (TPSA) is 68.4 Å². The Labute approximate surface area is 158 Å². The zero-order chi connectivity index (χ0) is 18.8. The van der Waals surface area contributed by atoms with Crippen LogP contribution in [0.25, 0.3) is 11.1 Å². The highest BCUT2D eigenvalue weighted by Gasteiger charge is 2.26. The third kappa shape index (κ3) is 3.50. The molecule has 0 spiro atoms. The Morgan fingerprint density at radius 3 is 2.89 bits per heavy atom. The van der Waals surface area contributed by atoms with E-state index in [1.165, 1.54) is 10.1 Å². The Morgan fingerprint density at radius 2 is 2.11 bits per heavy atom. The van der Waals surface area contributed by atoms with Crippen LogP contribution in [0, 0.1) is 0 Å². The van der Waals surface area contributed by atoms with Crippen LogP contribution in [-0.4, -0.2) is 24.3 Å². The second-order valence-electron chi connectivity index (χ2n) is 7.03. The number of aryl methyl sites for hydroxylation is 1. The molecule has 0 radical (unpaired) electrons. The summed E-state index contributed by atoms with van der Waals surface area (Å²) in [5, 5.41) is 7.33. The molecule has 0 aliphatic carbocycles. The second kappa shape index (κ2) is 7.58. The van der Waals surface area contributed by atoms with Crippen molar-refractivity contribution in [3.8, 4) is 5.75 Å². The summed E-state index contributed by atoms with van der Waals surface area (Å²) in [5.41, 5.74) is 3.64. The minimum absolute atomic E-state index is 0.285. The van der Waals surface area contributed by atoms with Gasteiger partial charge in [-0.2, -0.15) is 0 Å². The molecule has 1 aliphatic rings. The van der Waals surface area contributed by atoms with Crippen LogP contribution in [0.15, 0.2) is 51.7 Å². The Hall–Kier alpha value is -2.57.